The van der Waals surface area contributed by atoms with Crippen molar-refractivity contribution in [3.05, 3.63) is 57.7 Å². The van der Waals surface area contributed by atoms with E-state index >= 15 is 0 Å². The van der Waals surface area contributed by atoms with E-state index in [4.69, 9.17) is 37.4 Å². The molecule has 0 atom stereocenters. The van der Waals surface area contributed by atoms with E-state index in [1.807, 2.05) is 6.92 Å². The first-order valence-corrected chi connectivity index (χ1v) is 9.69. The van der Waals surface area contributed by atoms with Crippen molar-refractivity contribution in [3.8, 4) is 17.4 Å². The number of pyridine rings is 1. The SMILES string of the molecule is Cc1cc(OCC=C(Cl)Cl)ccc1OCCCOc1cc(C(F)F)cc(C(F)(F)F)n1. The van der Waals surface area contributed by atoms with Crippen LogP contribution >= 0.6 is 23.2 Å². The average molecular weight is 486 g/mol. The van der Waals surface area contributed by atoms with Crippen molar-refractivity contribution in [1.82, 2.24) is 4.98 Å². The molecule has 1 aromatic carbocycles. The lowest BCUT2D eigenvalue weighted by atomic mass is 10.2. The molecular weight excluding hydrogens is 468 g/mol. The maximum Gasteiger partial charge on any atom is 0.433 e. The van der Waals surface area contributed by atoms with Crippen LogP contribution in [0.1, 0.15) is 29.7 Å². The second-order valence-electron chi connectivity index (χ2n) is 6.20. The van der Waals surface area contributed by atoms with Crippen LogP contribution in [0.2, 0.25) is 0 Å². The third-order valence-corrected chi connectivity index (χ3v) is 4.11. The molecule has 0 saturated heterocycles. The zero-order chi connectivity index (χ0) is 23.0. The summed E-state index contributed by atoms with van der Waals surface area (Å²) < 4.78 is 80.3. The number of nitrogens with zero attached hydrogens (tertiary/aromatic N) is 1. The van der Waals surface area contributed by atoms with E-state index in [0.29, 0.717) is 24.0 Å². The third-order valence-electron chi connectivity index (χ3n) is 3.80. The van der Waals surface area contributed by atoms with Crippen LogP contribution in [0.3, 0.4) is 0 Å². The van der Waals surface area contributed by atoms with E-state index in [1.165, 1.54) is 6.08 Å². The van der Waals surface area contributed by atoms with E-state index < -0.39 is 29.7 Å². The Morgan fingerprint density at radius 2 is 1.77 bits per heavy atom. The van der Waals surface area contributed by atoms with Gasteiger partial charge < -0.3 is 14.2 Å². The summed E-state index contributed by atoms with van der Waals surface area (Å²) in [5.41, 5.74) is -1.45. The summed E-state index contributed by atoms with van der Waals surface area (Å²) >= 11 is 11.0. The van der Waals surface area contributed by atoms with Crippen LogP contribution in [0, 0.1) is 6.92 Å². The van der Waals surface area contributed by atoms with Crippen LogP contribution in [0.4, 0.5) is 22.0 Å². The second kappa shape index (κ2) is 11.4. The Balaban J connectivity index is 1.85. The molecule has 31 heavy (non-hydrogen) atoms. The van der Waals surface area contributed by atoms with Crippen LogP contribution in [0.25, 0.3) is 0 Å². The van der Waals surface area contributed by atoms with Crippen molar-refractivity contribution in [2.45, 2.75) is 25.9 Å². The van der Waals surface area contributed by atoms with Crippen molar-refractivity contribution in [2.75, 3.05) is 19.8 Å². The van der Waals surface area contributed by atoms with Gasteiger partial charge in [0.25, 0.3) is 6.43 Å². The van der Waals surface area contributed by atoms with Gasteiger partial charge in [0, 0.05) is 18.1 Å². The Hall–Kier alpha value is -2.26. The molecule has 2 rings (SSSR count). The van der Waals surface area contributed by atoms with Gasteiger partial charge in [0.05, 0.1) is 13.2 Å². The molecule has 0 unspecified atom stereocenters. The van der Waals surface area contributed by atoms with Crippen molar-refractivity contribution >= 4 is 23.2 Å². The summed E-state index contributed by atoms with van der Waals surface area (Å²) in [5.74, 6) is 0.647. The fourth-order valence-corrected chi connectivity index (χ4v) is 2.49. The Bertz CT molecular complexity index is 903. The predicted octanol–water partition coefficient (Wildman–Crippen LogP) is 6.89. The van der Waals surface area contributed by atoms with Crippen molar-refractivity contribution in [2.24, 2.45) is 0 Å². The predicted molar refractivity (Wildman–Crippen MR) is 106 cm³/mol. The fourth-order valence-electron chi connectivity index (χ4n) is 2.36. The number of aromatic nitrogens is 1. The van der Waals surface area contributed by atoms with Gasteiger partial charge in [-0.25, -0.2) is 13.8 Å². The molecule has 0 spiro atoms. The molecule has 170 valence electrons. The van der Waals surface area contributed by atoms with Gasteiger partial charge in [0.15, 0.2) is 0 Å². The molecule has 0 aliphatic rings. The Labute approximate surface area is 185 Å². The van der Waals surface area contributed by atoms with E-state index in [1.54, 1.807) is 18.2 Å². The number of hydrogen-bond donors (Lipinski definition) is 0. The molecule has 0 N–H and O–H groups in total. The summed E-state index contributed by atoms with van der Waals surface area (Å²) in [6.45, 7) is 2.13. The molecule has 0 amide bonds. The van der Waals surface area contributed by atoms with Gasteiger partial charge >= 0.3 is 6.18 Å². The summed E-state index contributed by atoms with van der Waals surface area (Å²) in [4.78, 5) is 3.25. The Morgan fingerprint density at radius 1 is 1.06 bits per heavy atom. The maximum absolute atomic E-state index is 12.8. The van der Waals surface area contributed by atoms with Crippen molar-refractivity contribution < 1.29 is 36.2 Å². The number of aryl methyl sites for hydroxylation is 1. The molecular formula is C20H18Cl2F5NO3. The van der Waals surface area contributed by atoms with Gasteiger partial charge in [0.2, 0.25) is 5.88 Å². The number of alkyl halides is 5. The molecule has 0 fully saturated rings. The Kier molecular flexibility index (Phi) is 9.18. The number of benzene rings is 1. The van der Waals surface area contributed by atoms with Gasteiger partial charge in [0.1, 0.15) is 28.3 Å². The zero-order valence-corrected chi connectivity index (χ0v) is 17.7. The smallest absolute Gasteiger partial charge is 0.433 e. The number of ether oxygens (including phenoxy) is 3. The first-order chi connectivity index (χ1) is 14.6. The fraction of sp³-hybridized carbons (Fsp3) is 0.350. The molecule has 0 aliphatic heterocycles. The van der Waals surface area contributed by atoms with Crippen LogP contribution in [0.15, 0.2) is 40.9 Å². The minimum Gasteiger partial charge on any atom is -0.493 e. The highest BCUT2D eigenvalue weighted by Gasteiger charge is 2.34. The van der Waals surface area contributed by atoms with Crippen molar-refractivity contribution in [1.29, 1.82) is 0 Å². The maximum atomic E-state index is 12.8. The van der Waals surface area contributed by atoms with Gasteiger partial charge in [-0.3, -0.25) is 0 Å². The highest BCUT2D eigenvalue weighted by molar-refractivity contribution is 6.55. The number of rotatable bonds is 10. The molecule has 0 bridgehead atoms. The van der Waals surface area contributed by atoms with Crippen LogP contribution in [-0.4, -0.2) is 24.8 Å². The molecule has 1 heterocycles. The lowest BCUT2D eigenvalue weighted by Gasteiger charge is -2.13. The average Bonchev–Trinajstić information content (AvgIpc) is 2.68. The summed E-state index contributed by atoms with van der Waals surface area (Å²) in [6.07, 6.45) is -6.15. The van der Waals surface area contributed by atoms with E-state index in [2.05, 4.69) is 4.98 Å². The summed E-state index contributed by atoms with van der Waals surface area (Å²) in [5, 5.41) is 0. The van der Waals surface area contributed by atoms with E-state index in [0.717, 1.165) is 11.6 Å². The monoisotopic (exact) mass is 485 g/mol. The Morgan fingerprint density at radius 3 is 2.39 bits per heavy atom. The molecule has 0 saturated carbocycles. The highest BCUT2D eigenvalue weighted by atomic mass is 35.5. The molecule has 2 aromatic rings. The lowest BCUT2D eigenvalue weighted by molar-refractivity contribution is -0.141. The van der Waals surface area contributed by atoms with Crippen LogP contribution in [0.5, 0.6) is 17.4 Å². The summed E-state index contributed by atoms with van der Waals surface area (Å²) in [7, 11) is 0. The van der Waals surface area contributed by atoms with Crippen LogP contribution in [-0.2, 0) is 6.18 Å². The molecule has 4 nitrogen and oxygen atoms in total. The first-order valence-electron chi connectivity index (χ1n) is 8.94. The number of halogens is 7. The molecule has 0 radical (unpaired) electrons. The molecule has 0 aliphatic carbocycles. The van der Waals surface area contributed by atoms with Gasteiger partial charge in [-0.15, -0.1) is 0 Å². The summed E-state index contributed by atoms with van der Waals surface area (Å²) in [6, 6.07) is 6.22. The molecule has 1 aromatic heterocycles. The van der Waals surface area contributed by atoms with Crippen LogP contribution < -0.4 is 14.2 Å². The van der Waals surface area contributed by atoms with Gasteiger partial charge in [-0.05, 0) is 42.8 Å². The largest absolute Gasteiger partial charge is 0.493 e. The third kappa shape index (κ3) is 8.41. The highest BCUT2D eigenvalue weighted by Crippen LogP contribution is 2.32. The minimum absolute atomic E-state index is 0.0667. The standard InChI is InChI=1S/C20H18Cl2F5NO3/c1-12-9-14(29-8-5-17(21)22)3-4-15(12)30-6-2-7-31-18-11-13(19(23)24)10-16(28-18)20(25,26)27/h3-5,9-11,19H,2,6-8H2,1H3. The quantitative estimate of drug-likeness (QED) is 0.271. The topological polar surface area (TPSA) is 40.6 Å². The van der Waals surface area contributed by atoms with Gasteiger partial charge in [-0.2, -0.15) is 13.2 Å². The normalized spacial score (nSPS) is 11.4. The van der Waals surface area contributed by atoms with E-state index in [9.17, 15) is 22.0 Å². The van der Waals surface area contributed by atoms with E-state index in [-0.39, 0.29) is 24.3 Å². The lowest BCUT2D eigenvalue weighted by Crippen LogP contribution is -2.12. The second-order valence-corrected chi connectivity index (χ2v) is 7.21. The number of hydrogen-bond acceptors (Lipinski definition) is 4. The minimum atomic E-state index is -4.86. The van der Waals surface area contributed by atoms with Crippen molar-refractivity contribution in [3.63, 3.8) is 0 Å². The molecule has 11 heteroatoms. The first kappa shape index (κ1) is 25.0. The van der Waals surface area contributed by atoms with Gasteiger partial charge in [-0.1, -0.05) is 23.2 Å². The zero-order valence-electron chi connectivity index (χ0n) is 16.2.